The van der Waals surface area contributed by atoms with Crippen LogP contribution in [0, 0.1) is 5.92 Å². The predicted octanol–water partition coefficient (Wildman–Crippen LogP) is 8.39. The molecule has 0 aliphatic heterocycles. The number of carbonyl (C=O) groups excluding carboxylic acids is 2. The van der Waals surface area contributed by atoms with E-state index in [0.29, 0.717) is 0 Å². The highest BCUT2D eigenvalue weighted by Gasteiger charge is 2.39. The lowest BCUT2D eigenvalue weighted by atomic mass is 9.77. The highest BCUT2D eigenvalue weighted by atomic mass is 16.6. The largest absolute Gasteiger partial charge is 0.478 e. The Labute approximate surface area is 282 Å². The van der Waals surface area contributed by atoms with E-state index in [2.05, 4.69) is 41.4 Å². The van der Waals surface area contributed by atoms with Crippen molar-refractivity contribution in [2.45, 2.75) is 71.6 Å². The lowest BCUT2D eigenvalue weighted by Gasteiger charge is -2.37. The Kier molecular flexibility index (Phi) is 10.9. The summed E-state index contributed by atoms with van der Waals surface area (Å²) in [5.74, 6) is -1.48. The summed E-state index contributed by atoms with van der Waals surface area (Å²) in [4.78, 5) is 44.2. The zero-order chi connectivity index (χ0) is 35.1. The molecule has 0 aliphatic carbocycles. The molecule has 0 radical (unpaired) electrons. The van der Waals surface area contributed by atoms with Crippen molar-refractivity contribution in [1.29, 1.82) is 0 Å². The third-order valence-electron chi connectivity index (χ3n) is 7.50. The van der Waals surface area contributed by atoms with Crippen LogP contribution in [-0.4, -0.2) is 55.5 Å². The number of carbonyl (C=O) groups is 3. The van der Waals surface area contributed by atoms with Crippen molar-refractivity contribution in [1.82, 2.24) is 14.5 Å². The van der Waals surface area contributed by atoms with Gasteiger partial charge < -0.3 is 19.1 Å². The minimum Gasteiger partial charge on any atom is -0.478 e. The first-order valence-electron chi connectivity index (χ1n) is 16.0. The molecular weight excluding hydrogens is 606 g/mol. The highest BCUT2D eigenvalue weighted by Crippen LogP contribution is 2.41. The van der Waals surface area contributed by atoms with Crippen LogP contribution in [0.2, 0.25) is 0 Å². The summed E-state index contributed by atoms with van der Waals surface area (Å²) in [6, 6.07) is 30.1. The van der Waals surface area contributed by atoms with E-state index in [1.54, 1.807) is 60.1 Å². The maximum atomic E-state index is 13.0. The zero-order valence-corrected chi connectivity index (χ0v) is 28.7. The molecule has 9 nitrogen and oxygen atoms in total. The van der Waals surface area contributed by atoms with Gasteiger partial charge in [-0.2, -0.15) is 0 Å². The molecule has 1 unspecified atom stereocenters. The van der Waals surface area contributed by atoms with Gasteiger partial charge in [0.1, 0.15) is 16.7 Å². The van der Waals surface area contributed by atoms with Crippen LogP contribution in [0.15, 0.2) is 110 Å². The van der Waals surface area contributed by atoms with Crippen molar-refractivity contribution in [3.63, 3.8) is 0 Å². The van der Waals surface area contributed by atoms with Crippen LogP contribution in [0.5, 0.6) is 0 Å². The standard InChI is InChI=1S/C39H45N3O6/c1-28(25-42(35(45)47-37(2,3)4)36(46)48-38(5,6)7)23-24-32(34(43)44)33-26-41(27-40-33)39(29-17-11-8-12-18-29,30-19-13-9-14-20-30)31-21-15-10-16-22-31/h8-22,24,26-28H,23,25H2,1-7H3,(H,43,44). The van der Waals surface area contributed by atoms with Crippen molar-refractivity contribution in [3.8, 4) is 0 Å². The number of allylic oxidation sites excluding steroid dienone is 1. The maximum absolute atomic E-state index is 13.0. The molecule has 2 amide bonds. The number of imidazole rings is 1. The number of hydrogen-bond donors (Lipinski definition) is 1. The number of ether oxygens (including phenoxy) is 2. The number of aromatic nitrogens is 2. The van der Waals surface area contributed by atoms with Crippen LogP contribution < -0.4 is 0 Å². The number of hydrogen-bond acceptors (Lipinski definition) is 6. The van der Waals surface area contributed by atoms with Crippen LogP contribution in [0.3, 0.4) is 0 Å². The summed E-state index contributed by atoms with van der Waals surface area (Å²) >= 11 is 0. The van der Waals surface area contributed by atoms with Crippen LogP contribution in [0.4, 0.5) is 9.59 Å². The lowest BCUT2D eigenvalue weighted by molar-refractivity contribution is -0.130. The maximum Gasteiger partial charge on any atom is 0.419 e. The molecule has 252 valence electrons. The molecule has 1 aromatic heterocycles. The topological polar surface area (TPSA) is 111 Å². The van der Waals surface area contributed by atoms with Gasteiger partial charge in [-0.3, -0.25) is 0 Å². The van der Waals surface area contributed by atoms with Crippen molar-refractivity contribution >= 4 is 23.7 Å². The summed E-state index contributed by atoms with van der Waals surface area (Å²) < 4.78 is 12.9. The molecule has 0 bridgehead atoms. The number of amides is 2. The van der Waals surface area contributed by atoms with Crippen molar-refractivity contribution in [2.24, 2.45) is 5.92 Å². The first-order chi connectivity index (χ1) is 22.6. The molecule has 4 aromatic rings. The van der Waals surface area contributed by atoms with Gasteiger partial charge in [0.05, 0.1) is 17.6 Å². The van der Waals surface area contributed by atoms with E-state index < -0.39 is 34.9 Å². The Bertz CT molecular complexity index is 1590. The summed E-state index contributed by atoms with van der Waals surface area (Å²) in [6.45, 7) is 12.1. The molecule has 1 heterocycles. The van der Waals surface area contributed by atoms with E-state index in [9.17, 15) is 19.5 Å². The Balaban J connectivity index is 1.72. The SMILES string of the molecule is CC(CC=C(C(=O)O)c1cn(C(c2ccccc2)(c2ccccc2)c2ccccc2)cn1)CN(C(=O)OC(C)(C)C)C(=O)OC(C)(C)C. The van der Waals surface area contributed by atoms with Crippen LogP contribution in [-0.2, 0) is 19.8 Å². The van der Waals surface area contributed by atoms with Crippen LogP contribution in [0.1, 0.15) is 77.3 Å². The van der Waals surface area contributed by atoms with Crippen molar-refractivity contribution in [3.05, 3.63) is 132 Å². The molecule has 4 rings (SSSR count). The number of nitrogens with zero attached hydrogens (tertiary/aromatic N) is 3. The van der Waals surface area contributed by atoms with Gasteiger partial charge in [0.15, 0.2) is 0 Å². The molecule has 0 spiro atoms. The van der Waals surface area contributed by atoms with Gasteiger partial charge in [0.25, 0.3) is 0 Å². The molecule has 48 heavy (non-hydrogen) atoms. The third-order valence-corrected chi connectivity index (χ3v) is 7.50. The van der Waals surface area contributed by atoms with Gasteiger partial charge >= 0.3 is 18.2 Å². The Morgan fingerprint density at radius 3 is 1.56 bits per heavy atom. The predicted molar refractivity (Wildman–Crippen MR) is 185 cm³/mol. The Hall–Kier alpha value is -5.18. The van der Waals surface area contributed by atoms with Crippen LogP contribution >= 0.6 is 0 Å². The number of carboxylic acid groups (broad SMARTS) is 1. The van der Waals surface area contributed by atoms with E-state index in [4.69, 9.17) is 9.47 Å². The van der Waals surface area contributed by atoms with Gasteiger partial charge in [0.2, 0.25) is 0 Å². The quantitative estimate of drug-likeness (QED) is 0.135. The minimum atomic E-state index is -1.15. The summed E-state index contributed by atoms with van der Waals surface area (Å²) in [6.07, 6.45) is 3.57. The number of rotatable bonds is 10. The summed E-state index contributed by atoms with van der Waals surface area (Å²) in [7, 11) is 0. The minimum absolute atomic E-state index is 0.00442. The molecule has 0 saturated carbocycles. The fourth-order valence-corrected chi connectivity index (χ4v) is 5.49. The smallest absolute Gasteiger partial charge is 0.419 e. The molecule has 0 fully saturated rings. The average molecular weight is 652 g/mol. The van der Waals surface area contributed by atoms with Gasteiger partial charge in [0, 0.05) is 12.7 Å². The monoisotopic (exact) mass is 651 g/mol. The van der Waals surface area contributed by atoms with E-state index in [-0.39, 0.29) is 30.2 Å². The fourth-order valence-electron chi connectivity index (χ4n) is 5.49. The second kappa shape index (κ2) is 14.7. The van der Waals surface area contributed by atoms with Crippen molar-refractivity contribution in [2.75, 3.05) is 6.54 Å². The fraction of sp³-hybridized carbons (Fsp3) is 0.333. The van der Waals surface area contributed by atoms with Gasteiger partial charge in [-0.15, -0.1) is 0 Å². The lowest BCUT2D eigenvalue weighted by Crippen LogP contribution is -2.45. The first-order valence-corrected chi connectivity index (χ1v) is 16.0. The summed E-state index contributed by atoms with van der Waals surface area (Å²) in [5.41, 5.74) is 0.699. The second-order valence-corrected chi connectivity index (χ2v) is 13.8. The highest BCUT2D eigenvalue weighted by molar-refractivity contribution is 6.14. The zero-order valence-electron chi connectivity index (χ0n) is 28.7. The van der Waals surface area contributed by atoms with E-state index in [1.165, 1.54) is 0 Å². The Morgan fingerprint density at radius 1 is 0.771 bits per heavy atom. The molecule has 3 aromatic carbocycles. The van der Waals surface area contributed by atoms with Gasteiger partial charge in [-0.05, 0) is 70.6 Å². The molecule has 0 saturated heterocycles. The average Bonchev–Trinajstić information content (AvgIpc) is 3.50. The molecule has 0 aliphatic rings. The summed E-state index contributed by atoms with van der Waals surface area (Å²) in [5, 5.41) is 10.3. The number of aliphatic carboxylic acids is 1. The molecule has 9 heteroatoms. The first kappa shape index (κ1) is 35.7. The van der Waals surface area contributed by atoms with Crippen LogP contribution in [0.25, 0.3) is 5.57 Å². The van der Waals surface area contributed by atoms with E-state index >= 15 is 0 Å². The van der Waals surface area contributed by atoms with Gasteiger partial charge in [-0.1, -0.05) is 104 Å². The second-order valence-electron chi connectivity index (χ2n) is 13.8. The normalized spacial score (nSPS) is 13.0. The molecular formula is C39H45N3O6. The van der Waals surface area contributed by atoms with Crippen molar-refractivity contribution < 1.29 is 29.0 Å². The third kappa shape index (κ3) is 8.59. The number of imide groups is 1. The van der Waals surface area contributed by atoms with E-state index in [0.717, 1.165) is 21.6 Å². The van der Waals surface area contributed by atoms with Gasteiger partial charge in [-0.25, -0.2) is 24.3 Å². The van der Waals surface area contributed by atoms with E-state index in [1.807, 2.05) is 66.1 Å². The number of benzene rings is 3. The molecule has 1 N–H and O–H groups in total. The molecule has 1 atom stereocenters. The Morgan fingerprint density at radius 2 is 1.19 bits per heavy atom. The number of carboxylic acids is 1.